The Morgan fingerprint density at radius 2 is 2.15 bits per heavy atom. The molecule has 180 valence electrons. The van der Waals surface area contributed by atoms with Crippen molar-refractivity contribution in [3.05, 3.63) is 30.5 Å². The van der Waals surface area contributed by atoms with E-state index in [4.69, 9.17) is 10.3 Å². The molecule has 3 aromatic rings. The number of carbonyl (C=O) groups is 1. The fourth-order valence-corrected chi connectivity index (χ4v) is 3.88. The van der Waals surface area contributed by atoms with Crippen LogP contribution in [0.4, 0.5) is 30.5 Å². The summed E-state index contributed by atoms with van der Waals surface area (Å²) < 4.78 is 46.7. The molecule has 1 aliphatic rings. The summed E-state index contributed by atoms with van der Waals surface area (Å²) in [6.45, 7) is 1.00. The van der Waals surface area contributed by atoms with Crippen molar-refractivity contribution in [1.82, 2.24) is 19.5 Å². The first-order chi connectivity index (χ1) is 16.3. The molecular formula is C21H23F3N8O2. The number of anilines is 2. The molecule has 0 radical (unpaired) electrons. The van der Waals surface area contributed by atoms with E-state index in [0.717, 1.165) is 0 Å². The summed E-state index contributed by atoms with van der Waals surface area (Å²) in [5, 5.41) is 13.3. The number of benzene rings is 1. The van der Waals surface area contributed by atoms with Crippen molar-refractivity contribution < 1.29 is 22.7 Å². The second-order valence-corrected chi connectivity index (χ2v) is 7.77. The van der Waals surface area contributed by atoms with Gasteiger partial charge in [0.25, 0.3) is 6.43 Å². The maximum Gasteiger partial charge on any atom is 0.255 e. The van der Waals surface area contributed by atoms with Crippen molar-refractivity contribution in [3.63, 3.8) is 0 Å². The second-order valence-electron chi connectivity index (χ2n) is 7.77. The summed E-state index contributed by atoms with van der Waals surface area (Å²) in [5.74, 6) is 0.139. The lowest BCUT2D eigenvalue weighted by Gasteiger charge is -2.16. The Morgan fingerprint density at radius 3 is 2.79 bits per heavy atom. The first kappa shape index (κ1) is 23.3. The monoisotopic (exact) mass is 476 g/mol. The lowest BCUT2D eigenvalue weighted by molar-refractivity contribution is -0.128. The van der Waals surface area contributed by atoms with Gasteiger partial charge in [-0.05, 0) is 23.8 Å². The third-order valence-electron chi connectivity index (χ3n) is 5.56. The highest BCUT2D eigenvalue weighted by atomic mass is 19.3. The number of methoxy groups -OCH3 is 1. The molecule has 1 amide bonds. The quantitative estimate of drug-likeness (QED) is 0.426. The fraction of sp³-hybridized carbons (Fsp3) is 0.381. The summed E-state index contributed by atoms with van der Waals surface area (Å²) in [7, 11) is 1.44. The number of alkyl halides is 3. The Bertz CT molecular complexity index is 1220. The third-order valence-corrected chi connectivity index (χ3v) is 5.56. The van der Waals surface area contributed by atoms with E-state index in [1.54, 1.807) is 30.5 Å². The van der Waals surface area contributed by atoms with Gasteiger partial charge in [-0.25, -0.2) is 23.2 Å². The largest absolute Gasteiger partial charge is 0.479 e. The van der Waals surface area contributed by atoms with Crippen molar-refractivity contribution >= 4 is 28.7 Å². The molecule has 2 aromatic heterocycles. The highest BCUT2D eigenvalue weighted by Crippen LogP contribution is 2.36. The highest BCUT2D eigenvalue weighted by Gasteiger charge is 2.35. The number of hydrogen-bond acceptors (Lipinski definition) is 8. The zero-order chi connectivity index (χ0) is 24.4. The van der Waals surface area contributed by atoms with E-state index in [2.05, 4.69) is 25.8 Å². The van der Waals surface area contributed by atoms with Crippen LogP contribution in [0, 0.1) is 5.53 Å². The van der Waals surface area contributed by atoms with Gasteiger partial charge >= 0.3 is 0 Å². The number of carbonyl (C=O) groups excluding carboxylic acids is 1. The Kier molecular flexibility index (Phi) is 6.52. The molecule has 13 heteroatoms. The van der Waals surface area contributed by atoms with Gasteiger partial charge in [0, 0.05) is 25.2 Å². The lowest BCUT2D eigenvalue weighted by atomic mass is 10.1. The van der Waals surface area contributed by atoms with Gasteiger partial charge in [-0.3, -0.25) is 4.79 Å². The number of nitrogens with one attached hydrogen (secondary N) is 3. The molecule has 1 fully saturated rings. The Balaban J connectivity index is 1.67. The average molecular weight is 476 g/mol. The van der Waals surface area contributed by atoms with E-state index in [9.17, 15) is 18.0 Å². The molecule has 1 saturated heterocycles. The summed E-state index contributed by atoms with van der Waals surface area (Å²) in [4.78, 5) is 17.3. The first-order valence-electron chi connectivity index (χ1n) is 10.4. The van der Waals surface area contributed by atoms with Crippen LogP contribution in [0.1, 0.15) is 6.92 Å². The van der Waals surface area contributed by atoms with Gasteiger partial charge < -0.3 is 20.3 Å². The molecule has 4 rings (SSSR count). The smallest absolute Gasteiger partial charge is 0.255 e. The number of nitrogens with zero attached hydrogens (tertiary/aromatic N) is 5. The zero-order valence-corrected chi connectivity index (χ0v) is 18.4. The van der Waals surface area contributed by atoms with Gasteiger partial charge in [0.15, 0.2) is 0 Å². The molecule has 1 aliphatic heterocycles. The van der Waals surface area contributed by atoms with Crippen LogP contribution in [0.2, 0.25) is 0 Å². The lowest BCUT2D eigenvalue weighted by Crippen LogP contribution is -2.32. The van der Waals surface area contributed by atoms with Crippen LogP contribution < -0.4 is 15.4 Å². The van der Waals surface area contributed by atoms with Crippen LogP contribution in [0.15, 0.2) is 35.6 Å². The molecule has 0 bridgehead atoms. The number of aromatic nitrogens is 3. The van der Waals surface area contributed by atoms with Gasteiger partial charge in [-0.15, -0.1) is 5.10 Å². The van der Waals surface area contributed by atoms with Gasteiger partial charge in [-0.2, -0.15) is 10.1 Å². The van der Waals surface area contributed by atoms with E-state index in [1.807, 2.05) is 0 Å². The summed E-state index contributed by atoms with van der Waals surface area (Å²) in [6.07, 6.45) is -2.17. The minimum absolute atomic E-state index is 0.00256. The third kappa shape index (κ3) is 4.58. The molecule has 0 aliphatic carbocycles. The van der Waals surface area contributed by atoms with Gasteiger partial charge in [-0.1, -0.05) is 6.07 Å². The van der Waals surface area contributed by atoms with Crippen LogP contribution in [-0.2, 0) is 4.79 Å². The van der Waals surface area contributed by atoms with E-state index in [1.165, 1.54) is 23.4 Å². The molecule has 1 aromatic carbocycles. The molecular weight excluding hydrogens is 453 g/mol. The highest BCUT2D eigenvalue weighted by molar-refractivity contribution is 5.87. The minimum Gasteiger partial charge on any atom is -0.479 e. The van der Waals surface area contributed by atoms with Crippen LogP contribution in [0.3, 0.4) is 0 Å². The van der Waals surface area contributed by atoms with Crippen molar-refractivity contribution in [3.8, 4) is 17.0 Å². The number of halogens is 3. The number of amides is 1. The Labute approximate surface area is 192 Å². The van der Waals surface area contributed by atoms with Gasteiger partial charge in [0.05, 0.1) is 31.9 Å². The number of rotatable bonds is 8. The Hall–Kier alpha value is -3.90. The maximum atomic E-state index is 14.4. The van der Waals surface area contributed by atoms with Gasteiger partial charge in [0.1, 0.15) is 17.4 Å². The first-order valence-corrected chi connectivity index (χ1v) is 10.4. The van der Waals surface area contributed by atoms with Crippen molar-refractivity contribution in [2.75, 3.05) is 37.4 Å². The molecule has 34 heavy (non-hydrogen) atoms. The van der Waals surface area contributed by atoms with Crippen LogP contribution in [0.5, 0.6) is 5.88 Å². The normalized spacial score (nSPS) is 17.9. The topological polar surface area (TPSA) is 120 Å². The van der Waals surface area contributed by atoms with Crippen molar-refractivity contribution in [1.29, 1.82) is 5.53 Å². The number of ether oxygens (including phenoxy) is 1. The van der Waals surface area contributed by atoms with E-state index in [0.29, 0.717) is 16.6 Å². The summed E-state index contributed by atoms with van der Waals surface area (Å²) >= 11 is 0. The molecule has 2 atom stereocenters. The SMILES string of the molecule is COc1nc(N[C@@H]2CN(C(C)=O)C[C@@H]2F)nn2ccc(-c3ccc(N=N)c(NCC(F)F)c3)c12. The van der Waals surface area contributed by atoms with Crippen LogP contribution in [-0.4, -0.2) is 70.8 Å². The molecule has 0 saturated carbocycles. The molecule has 0 spiro atoms. The average Bonchev–Trinajstić information content (AvgIpc) is 3.40. The van der Waals surface area contributed by atoms with E-state index in [-0.39, 0.29) is 42.2 Å². The predicted molar refractivity (Wildman–Crippen MR) is 119 cm³/mol. The Morgan fingerprint density at radius 1 is 1.35 bits per heavy atom. The fourth-order valence-electron chi connectivity index (χ4n) is 3.88. The summed E-state index contributed by atoms with van der Waals surface area (Å²) in [5.41, 5.74) is 9.60. The number of fused-ring (bicyclic) bond motifs is 1. The van der Waals surface area contributed by atoms with Gasteiger partial charge in [0.2, 0.25) is 17.7 Å². The zero-order valence-electron chi connectivity index (χ0n) is 18.4. The molecule has 3 N–H and O–H groups in total. The number of hydrogen-bond donors (Lipinski definition) is 3. The maximum absolute atomic E-state index is 14.4. The molecule has 3 heterocycles. The minimum atomic E-state index is -2.57. The summed E-state index contributed by atoms with van der Waals surface area (Å²) in [6, 6.07) is 5.95. The second kappa shape index (κ2) is 9.53. The van der Waals surface area contributed by atoms with E-state index >= 15 is 0 Å². The van der Waals surface area contributed by atoms with E-state index < -0.39 is 25.2 Å². The van der Waals surface area contributed by atoms with Crippen molar-refractivity contribution in [2.45, 2.75) is 25.6 Å². The van der Waals surface area contributed by atoms with Crippen molar-refractivity contribution in [2.24, 2.45) is 5.11 Å². The standard InChI is InChI=1S/C21H23F3N8O2/c1-11(33)31-9-14(22)17(10-31)27-21-28-20(34-2)19-13(5-6-32(19)30-21)12-3-4-15(29-25)16(7-12)26-8-18(23)24/h3-7,14,17-18,25-26H,8-10H2,1-2H3,(H,27,30)/t14-,17+/m0/s1. The molecule has 10 nitrogen and oxygen atoms in total. The van der Waals surface area contributed by atoms with Crippen LogP contribution in [0.25, 0.3) is 16.6 Å². The van der Waals surface area contributed by atoms with Crippen LogP contribution >= 0.6 is 0 Å². The number of likely N-dealkylation sites (tertiary alicyclic amines) is 1. The molecule has 0 unspecified atom stereocenters. The predicted octanol–water partition coefficient (Wildman–Crippen LogP) is 3.73.